The first-order chi connectivity index (χ1) is 35.0. The van der Waals surface area contributed by atoms with Crippen LogP contribution in [-0.2, 0) is 14.3 Å². The maximum absolute atomic E-state index is 12.5. The summed E-state index contributed by atoms with van der Waals surface area (Å²) in [7, 11) is 0. The number of rotatable bonds is 59. The van der Waals surface area contributed by atoms with Crippen molar-refractivity contribution in [2.75, 3.05) is 13.2 Å². The fraction of sp³-hybridized carbons (Fsp3) is 0.877. The average molecular weight is 999 g/mol. The van der Waals surface area contributed by atoms with E-state index in [0.29, 0.717) is 25.9 Å². The van der Waals surface area contributed by atoms with Crippen molar-refractivity contribution < 1.29 is 24.5 Å². The monoisotopic (exact) mass is 998 g/mol. The first-order valence-electron chi connectivity index (χ1n) is 31.7. The van der Waals surface area contributed by atoms with Gasteiger partial charge in [0, 0.05) is 12.8 Å². The molecule has 418 valence electrons. The molecule has 71 heavy (non-hydrogen) atoms. The van der Waals surface area contributed by atoms with Crippen LogP contribution in [0.4, 0.5) is 0 Å². The number of carbonyl (C=O) groups is 2. The predicted octanol–water partition coefficient (Wildman–Crippen LogP) is 20.0. The number of hydrogen-bond acceptors (Lipinski definition) is 5. The molecule has 0 aliphatic heterocycles. The number of esters is 1. The zero-order chi connectivity index (χ0) is 51.4. The lowest BCUT2D eigenvalue weighted by Crippen LogP contribution is -2.45. The SMILES string of the molecule is CCCCCC/C=C\C/C=C\CCCCCCCCCC(=O)OCCCCCCCC/C=C\CCCCCCCCCC(=O)NC(CO)C(O)CCCCCCCCCCCCCCCCCCCCC. The summed E-state index contributed by atoms with van der Waals surface area (Å²) in [5.41, 5.74) is 0. The molecule has 0 saturated carbocycles. The Kier molecular flexibility index (Phi) is 59.0. The highest BCUT2D eigenvalue weighted by Gasteiger charge is 2.20. The Bertz CT molecular complexity index is 1150. The van der Waals surface area contributed by atoms with Crippen LogP contribution < -0.4 is 5.32 Å². The van der Waals surface area contributed by atoms with Crippen molar-refractivity contribution in [2.45, 2.75) is 353 Å². The van der Waals surface area contributed by atoms with Gasteiger partial charge in [0.2, 0.25) is 5.91 Å². The Morgan fingerprint density at radius 3 is 1.10 bits per heavy atom. The first-order valence-corrected chi connectivity index (χ1v) is 31.7. The highest BCUT2D eigenvalue weighted by molar-refractivity contribution is 5.76. The fourth-order valence-electron chi connectivity index (χ4n) is 9.78. The second-order valence-electron chi connectivity index (χ2n) is 21.7. The molecular weight excluding hydrogens is 875 g/mol. The summed E-state index contributed by atoms with van der Waals surface area (Å²) >= 11 is 0. The summed E-state index contributed by atoms with van der Waals surface area (Å²) in [6, 6.07) is -0.552. The lowest BCUT2D eigenvalue weighted by atomic mass is 10.0. The molecule has 0 spiro atoms. The Morgan fingerprint density at radius 1 is 0.394 bits per heavy atom. The van der Waals surface area contributed by atoms with Gasteiger partial charge in [0.15, 0.2) is 0 Å². The average Bonchev–Trinajstić information content (AvgIpc) is 3.37. The lowest BCUT2D eigenvalue weighted by Gasteiger charge is -2.22. The zero-order valence-electron chi connectivity index (χ0n) is 47.7. The summed E-state index contributed by atoms with van der Waals surface area (Å²) in [6.07, 6.45) is 75.7. The molecule has 0 radical (unpaired) electrons. The number of hydrogen-bond donors (Lipinski definition) is 3. The maximum Gasteiger partial charge on any atom is 0.305 e. The predicted molar refractivity (Wildman–Crippen MR) is 310 cm³/mol. The van der Waals surface area contributed by atoms with Crippen LogP contribution in [0, 0.1) is 0 Å². The van der Waals surface area contributed by atoms with Crippen molar-refractivity contribution in [1.82, 2.24) is 5.32 Å². The number of aliphatic hydroxyl groups excluding tert-OH is 2. The number of carbonyl (C=O) groups excluding carboxylic acids is 2. The summed E-state index contributed by atoms with van der Waals surface area (Å²) < 4.78 is 5.48. The van der Waals surface area contributed by atoms with E-state index in [0.717, 1.165) is 64.2 Å². The lowest BCUT2D eigenvalue weighted by molar-refractivity contribution is -0.143. The molecule has 0 saturated heterocycles. The summed E-state index contributed by atoms with van der Waals surface area (Å²) in [5.74, 6) is -0.0535. The molecule has 0 aromatic heterocycles. The Morgan fingerprint density at radius 2 is 0.704 bits per heavy atom. The van der Waals surface area contributed by atoms with Gasteiger partial charge in [-0.1, -0.05) is 281 Å². The maximum atomic E-state index is 12.5. The highest BCUT2D eigenvalue weighted by atomic mass is 16.5. The van der Waals surface area contributed by atoms with Crippen LogP contribution in [0.5, 0.6) is 0 Å². The summed E-state index contributed by atoms with van der Waals surface area (Å²) in [4.78, 5) is 24.6. The van der Waals surface area contributed by atoms with Crippen molar-refractivity contribution in [3.63, 3.8) is 0 Å². The minimum atomic E-state index is -0.674. The van der Waals surface area contributed by atoms with Gasteiger partial charge in [-0.25, -0.2) is 0 Å². The van der Waals surface area contributed by atoms with Gasteiger partial charge in [-0.2, -0.15) is 0 Å². The molecule has 0 heterocycles. The molecule has 0 aliphatic carbocycles. The van der Waals surface area contributed by atoms with Crippen LogP contribution in [0.3, 0.4) is 0 Å². The van der Waals surface area contributed by atoms with Gasteiger partial charge in [-0.3, -0.25) is 9.59 Å². The second-order valence-corrected chi connectivity index (χ2v) is 21.7. The third-order valence-corrected chi connectivity index (χ3v) is 14.7. The number of amides is 1. The fourth-order valence-corrected chi connectivity index (χ4v) is 9.78. The smallest absolute Gasteiger partial charge is 0.305 e. The van der Waals surface area contributed by atoms with Gasteiger partial charge in [-0.15, -0.1) is 0 Å². The van der Waals surface area contributed by atoms with Crippen LogP contribution in [0.1, 0.15) is 341 Å². The van der Waals surface area contributed by atoms with Crippen LogP contribution >= 0.6 is 0 Å². The number of allylic oxidation sites excluding steroid dienone is 6. The van der Waals surface area contributed by atoms with Gasteiger partial charge >= 0.3 is 5.97 Å². The van der Waals surface area contributed by atoms with Gasteiger partial charge in [0.1, 0.15) is 0 Å². The van der Waals surface area contributed by atoms with Gasteiger partial charge in [0.25, 0.3) is 0 Å². The molecule has 2 unspecified atom stereocenters. The molecule has 0 aromatic rings. The molecule has 6 nitrogen and oxygen atoms in total. The van der Waals surface area contributed by atoms with Crippen LogP contribution in [0.15, 0.2) is 36.5 Å². The summed E-state index contributed by atoms with van der Waals surface area (Å²) in [5, 5.41) is 23.3. The Hall–Kier alpha value is -1.92. The summed E-state index contributed by atoms with van der Waals surface area (Å²) in [6.45, 7) is 4.93. The van der Waals surface area contributed by atoms with Crippen LogP contribution in [-0.4, -0.2) is 47.4 Å². The molecule has 0 fully saturated rings. The molecule has 3 N–H and O–H groups in total. The normalized spacial score (nSPS) is 12.8. The van der Waals surface area contributed by atoms with E-state index in [1.165, 1.54) is 244 Å². The first kappa shape index (κ1) is 69.1. The molecule has 6 heteroatoms. The quantitative estimate of drug-likeness (QED) is 0.0321. The van der Waals surface area contributed by atoms with E-state index in [9.17, 15) is 19.8 Å². The molecule has 0 bridgehead atoms. The standard InChI is InChI=1S/C65H123NO5/c1-3-5-7-9-11-13-15-17-19-21-23-25-29-33-37-41-45-49-53-57-63(68)62(61-67)66-64(69)58-54-50-46-42-38-34-30-26-24-28-32-36-40-44-48-52-56-60-71-65(70)59-55-51-47-43-39-35-31-27-22-20-18-16-14-12-10-8-6-4-2/h14,16,20,22,24,28,62-63,67-68H,3-13,15,17-19,21,23,25-27,29-61H2,1-2H3,(H,66,69)/b16-14-,22-20-,28-24-. The second kappa shape index (κ2) is 60.6. The number of aliphatic hydroxyl groups is 2. The van der Waals surface area contributed by atoms with Crippen molar-refractivity contribution in [1.29, 1.82) is 0 Å². The number of ether oxygens (including phenoxy) is 1. The minimum absolute atomic E-state index is 0.00869. The number of nitrogens with one attached hydrogen (secondary N) is 1. The molecule has 0 aromatic carbocycles. The van der Waals surface area contributed by atoms with Crippen molar-refractivity contribution in [3.8, 4) is 0 Å². The third-order valence-electron chi connectivity index (χ3n) is 14.7. The van der Waals surface area contributed by atoms with Crippen LogP contribution in [0.2, 0.25) is 0 Å². The van der Waals surface area contributed by atoms with Crippen molar-refractivity contribution in [2.24, 2.45) is 0 Å². The van der Waals surface area contributed by atoms with Gasteiger partial charge in [-0.05, 0) is 83.5 Å². The largest absolute Gasteiger partial charge is 0.466 e. The molecule has 0 aliphatic rings. The van der Waals surface area contributed by atoms with E-state index < -0.39 is 12.1 Å². The van der Waals surface area contributed by atoms with Crippen molar-refractivity contribution in [3.05, 3.63) is 36.5 Å². The van der Waals surface area contributed by atoms with E-state index in [1.54, 1.807) is 0 Å². The van der Waals surface area contributed by atoms with E-state index in [-0.39, 0.29) is 18.5 Å². The van der Waals surface area contributed by atoms with Gasteiger partial charge < -0.3 is 20.3 Å². The van der Waals surface area contributed by atoms with E-state index in [1.807, 2.05) is 0 Å². The van der Waals surface area contributed by atoms with Gasteiger partial charge in [0.05, 0.1) is 25.4 Å². The molecular formula is C65H123NO5. The minimum Gasteiger partial charge on any atom is -0.466 e. The zero-order valence-corrected chi connectivity index (χ0v) is 47.7. The van der Waals surface area contributed by atoms with Crippen molar-refractivity contribution >= 4 is 11.9 Å². The molecule has 0 rings (SSSR count). The number of unbranched alkanes of at least 4 members (excludes halogenated alkanes) is 42. The topological polar surface area (TPSA) is 95.9 Å². The molecule has 2 atom stereocenters. The third kappa shape index (κ3) is 57.2. The Labute approximate surface area is 443 Å². The van der Waals surface area contributed by atoms with E-state index in [4.69, 9.17) is 4.74 Å². The molecule has 1 amide bonds. The van der Waals surface area contributed by atoms with Crippen LogP contribution in [0.25, 0.3) is 0 Å². The highest BCUT2D eigenvalue weighted by Crippen LogP contribution is 2.17. The van der Waals surface area contributed by atoms with E-state index >= 15 is 0 Å². The van der Waals surface area contributed by atoms with E-state index in [2.05, 4.69) is 55.6 Å². The Balaban J connectivity index is 3.45.